The summed E-state index contributed by atoms with van der Waals surface area (Å²) in [6.45, 7) is 5.57. The molecule has 0 spiro atoms. The maximum Gasteiger partial charge on any atom is 0.255 e. The van der Waals surface area contributed by atoms with E-state index in [4.69, 9.17) is 18.0 Å². The Hall–Kier alpha value is -1.62. The maximum absolute atomic E-state index is 12.3. The van der Waals surface area contributed by atoms with Crippen molar-refractivity contribution in [1.29, 1.82) is 0 Å². The summed E-state index contributed by atoms with van der Waals surface area (Å²) in [5, 5.41) is 12.8. The minimum absolute atomic E-state index is 0.0101. The molecule has 0 aromatic heterocycles. The number of hydrogen-bond donors (Lipinski definition) is 3. The zero-order valence-corrected chi connectivity index (χ0v) is 12.3. The van der Waals surface area contributed by atoms with Crippen LogP contribution in [0.1, 0.15) is 42.6 Å². The fourth-order valence-corrected chi connectivity index (χ4v) is 2.30. The number of carbonyl (C=O) groups is 1. The summed E-state index contributed by atoms with van der Waals surface area (Å²) in [5.74, 6) is -0.373. The van der Waals surface area contributed by atoms with Crippen molar-refractivity contribution >= 4 is 23.1 Å². The molecule has 0 heterocycles. The molecule has 0 aliphatic rings. The van der Waals surface area contributed by atoms with Gasteiger partial charge in [-0.15, -0.1) is 0 Å². The van der Waals surface area contributed by atoms with Crippen molar-refractivity contribution in [3.05, 3.63) is 29.3 Å². The van der Waals surface area contributed by atoms with Crippen molar-refractivity contribution in [3.8, 4) is 5.75 Å². The fraction of sp³-hybridized carbons (Fsp3) is 0.429. The number of nitrogens with two attached hydrogens (primary N) is 1. The number of thiocarbonyl (C=S) groups is 1. The molecular weight excluding hydrogens is 260 g/mol. The molecule has 0 aliphatic carbocycles. The molecule has 1 rings (SSSR count). The molecule has 4 nitrogen and oxygen atoms in total. The summed E-state index contributed by atoms with van der Waals surface area (Å²) in [5.41, 5.74) is 5.93. The number of rotatable bonds is 5. The Morgan fingerprint density at radius 1 is 1.42 bits per heavy atom. The molecular formula is C14H20N2O2S. The molecule has 1 amide bonds. The minimum Gasteiger partial charge on any atom is -0.507 e. The molecule has 1 aromatic carbocycles. The smallest absolute Gasteiger partial charge is 0.255 e. The summed E-state index contributed by atoms with van der Waals surface area (Å²) >= 11 is 5.06. The molecule has 0 unspecified atom stereocenters. The molecule has 19 heavy (non-hydrogen) atoms. The number of aromatic hydroxyl groups is 1. The van der Waals surface area contributed by atoms with Gasteiger partial charge in [0.1, 0.15) is 5.75 Å². The summed E-state index contributed by atoms with van der Waals surface area (Å²) in [7, 11) is 0. The Kier molecular flexibility index (Phi) is 4.89. The number of phenolic OH excluding ortho intramolecular Hbond substituents is 1. The lowest BCUT2D eigenvalue weighted by atomic mass is 9.92. The van der Waals surface area contributed by atoms with E-state index in [1.807, 2.05) is 13.8 Å². The fourth-order valence-electron chi connectivity index (χ4n) is 1.96. The third-order valence-electron chi connectivity index (χ3n) is 3.51. The first kappa shape index (κ1) is 15.4. The van der Waals surface area contributed by atoms with E-state index in [1.54, 1.807) is 25.1 Å². The normalized spacial score (nSPS) is 11.1. The second-order valence-electron chi connectivity index (χ2n) is 4.58. The summed E-state index contributed by atoms with van der Waals surface area (Å²) in [6, 6.07) is 5.05. The molecule has 104 valence electrons. The van der Waals surface area contributed by atoms with Gasteiger partial charge in [0.25, 0.3) is 5.91 Å². The van der Waals surface area contributed by atoms with Crippen LogP contribution in [0.4, 0.5) is 0 Å². The van der Waals surface area contributed by atoms with Gasteiger partial charge in [0, 0.05) is 0 Å². The Morgan fingerprint density at radius 3 is 2.47 bits per heavy atom. The van der Waals surface area contributed by atoms with E-state index in [2.05, 4.69) is 5.32 Å². The van der Waals surface area contributed by atoms with Crippen LogP contribution in [0, 0.1) is 6.92 Å². The second-order valence-corrected chi connectivity index (χ2v) is 5.02. The monoisotopic (exact) mass is 280 g/mol. The summed E-state index contributed by atoms with van der Waals surface area (Å²) in [6.07, 6.45) is 1.22. The molecule has 0 atom stereocenters. The number of carbonyl (C=O) groups excluding carboxylic acids is 1. The van der Waals surface area contributed by atoms with Gasteiger partial charge in [0.15, 0.2) is 0 Å². The van der Waals surface area contributed by atoms with Crippen LogP contribution in [0.3, 0.4) is 0 Å². The average Bonchev–Trinajstić information content (AvgIpc) is 2.38. The minimum atomic E-state index is -0.706. The number of nitrogens with one attached hydrogen (secondary N) is 1. The zero-order chi connectivity index (χ0) is 14.6. The van der Waals surface area contributed by atoms with E-state index in [0.717, 1.165) is 0 Å². The molecule has 4 N–H and O–H groups in total. The number of aryl methyl sites for hydroxylation is 1. The first-order chi connectivity index (χ1) is 8.88. The van der Waals surface area contributed by atoms with Crippen molar-refractivity contribution in [2.75, 3.05) is 0 Å². The molecule has 0 radical (unpaired) electrons. The van der Waals surface area contributed by atoms with Crippen LogP contribution in [-0.4, -0.2) is 21.5 Å². The van der Waals surface area contributed by atoms with Gasteiger partial charge in [-0.1, -0.05) is 38.2 Å². The Labute approximate surface area is 119 Å². The number of phenols is 1. The third-order valence-corrected chi connectivity index (χ3v) is 3.90. The van der Waals surface area contributed by atoms with Gasteiger partial charge in [-0.2, -0.15) is 0 Å². The first-order valence-electron chi connectivity index (χ1n) is 6.29. The summed E-state index contributed by atoms with van der Waals surface area (Å²) < 4.78 is 0. The van der Waals surface area contributed by atoms with Crippen LogP contribution in [0.5, 0.6) is 5.75 Å². The van der Waals surface area contributed by atoms with Gasteiger partial charge in [0.05, 0.1) is 16.1 Å². The highest BCUT2D eigenvalue weighted by Gasteiger charge is 2.32. The summed E-state index contributed by atoms with van der Waals surface area (Å²) in [4.78, 5) is 12.5. The second kappa shape index (κ2) is 6.02. The molecule has 5 heteroatoms. The molecule has 0 fully saturated rings. The number of para-hydroxylation sites is 1. The highest BCUT2D eigenvalue weighted by Crippen LogP contribution is 2.23. The Balaban J connectivity index is 3.08. The number of hydrogen-bond acceptors (Lipinski definition) is 3. The van der Waals surface area contributed by atoms with Crippen molar-refractivity contribution in [2.24, 2.45) is 5.73 Å². The van der Waals surface area contributed by atoms with Crippen molar-refractivity contribution in [1.82, 2.24) is 5.32 Å². The van der Waals surface area contributed by atoms with Gasteiger partial charge < -0.3 is 16.2 Å². The zero-order valence-electron chi connectivity index (χ0n) is 11.5. The highest BCUT2D eigenvalue weighted by atomic mass is 32.1. The van der Waals surface area contributed by atoms with E-state index < -0.39 is 5.54 Å². The highest BCUT2D eigenvalue weighted by molar-refractivity contribution is 7.80. The molecule has 0 saturated carbocycles. The third kappa shape index (κ3) is 3.04. The van der Waals surface area contributed by atoms with Gasteiger partial charge in [-0.25, -0.2) is 0 Å². The van der Waals surface area contributed by atoms with E-state index in [0.29, 0.717) is 18.4 Å². The van der Waals surface area contributed by atoms with Crippen LogP contribution in [0.2, 0.25) is 0 Å². The maximum atomic E-state index is 12.3. The van der Waals surface area contributed by atoms with Crippen LogP contribution in [-0.2, 0) is 0 Å². The standard InChI is InChI=1S/C14H20N2O2S/c1-4-14(5-2,13(15)19)16-12(18)10-8-6-7-9(3)11(10)17/h6-8,17H,4-5H2,1-3H3,(H2,15,19)(H,16,18). The molecule has 1 aromatic rings. The van der Waals surface area contributed by atoms with Crippen LogP contribution in [0.25, 0.3) is 0 Å². The lowest BCUT2D eigenvalue weighted by molar-refractivity contribution is 0.0917. The van der Waals surface area contributed by atoms with Crippen molar-refractivity contribution in [3.63, 3.8) is 0 Å². The predicted molar refractivity (Wildman–Crippen MR) is 80.4 cm³/mol. The lowest BCUT2D eigenvalue weighted by Crippen LogP contribution is -2.56. The Morgan fingerprint density at radius 2 is 2.00 bits per heavy atom. The van der Waals surface area contributed by atoms with Crippen molar-refractivity contribution in [2.45, 2.75) is 39.2 Å². The molecule has 0 saturated heterocycles. The SMILES string of the molecule is CCC(CC)(NC(=O)c1cccc(C)c1O)C(N)=S. The quantitative estimate of drug-likeness (QED) is 0.723. The van der Waals surface area contributed by atoms with Crippen LogP contribution in [0.15, 0.2) is 18.2 Å². The lowest BCUT2D eigenvalue weighted by Gasteiger charge is -2.31. The number of benzene rings is 1. The Bertz CT molecular complexity index is 496. The van der Waals surface area contributed by atoms with E-state index in [-0.39, 0.29) is 22.2 Å². The van der Waals surface area contributed by atoms with Crippen LogP contribution < -0.4 is 11.1 Å². The first-order valence-corrected chi connectivity index (χ1v) is 6.69. The van der Waals surface area contributed by atoms with E-state index >= 15 is 0 Å². The average molecular weight is 280 g/mol. The van der Waals surface area contributed by atoms with E-state index in [1.165, 1.54) is 0 Å². The number of amides is 1. The van der Waals surface area contributed by atoms with Gasteiger partial charge in [-0.3, -0.25) is 4.79 Å². The van der Waals surface area contributed by atoms with Crippen molar-refractivity contribution < 1.29 is 9.90 Å². The topological polar surface area (TPSA) is 75.3 Å². The van der Waals surface area contributed by atoms with Gasteiger partial charge in [0.2, 0.25) is 0 Å². The van der Waals surface area contributed by atoms with Crippen LogP contribution >= 0.6 is 12.2 Å². The predicted octanol–water partition coefficient (Wildman–Crippen LogP) is 2.28. The largest absolute Gasteiger partial charge is 0.507 e. The molecule has 0 bridgehead atoms. The molecule has 0 aliphatic heterocycles. The van der Waals surface area contributed by atoms with E-state index in [9.17, 15) is 9.90 Å². The van der Waals surface area contributed by atoms with Gasteiger partial charge in [-0.05, 0) is 31.4 Å². The van der Waals surface area contributed by atoms with Gasteiger partial charge >= 0.3 is 0 Å².